The molecule has 2 aliphatic heterocycles. The number of para-hydroxylation sites is 2. The van der Waals surface area contributed by atoms with Gasteiger partial charge in [-0.15, -0.1) is 0 Å². The number of aromatic nitrogens is 1. The van der Waals surface area contributed by atoms with Crippen LogP contribution >= 0.6 is 0 Å². The van der Waals surface area contributed by atoms with Gasteiger partial charge in [0.05, 0.1) is 13.7 Å². The van der Waals surface area contributed by atoms with Gasteiger partial charge in [0.25, 0.3) is 0 Å². The van der Waals surface area contributed by atoms with Crippen molar-refractivity contribution < 1.29 is 14.3 Å². The highest BCUT2D eigenvalue weighted by atomic mass is 16.5. The van der Waals surface area contributed by atoms with E-state index in [2.05, 4.69) is 23.2 Å². The highest BCUT2D eigenvalue weighted by molar-refractivity contribution is 5.97. The molecule has 6 nitrogen and oxygen atoms in total. The van der Waals surface area contributed by atoms with Crippen LogP contribution in [0.1, 0.15) is 55.0 Å². The number of nitrogens with zero attached hydrogens (tertiary/aromatic N) is 2. The molecule has 3 aromatic rings. The van der Waals surface area contributed by atoms with E-state index in [-0.39, 0.29) is 18.4 Å². The molecular weight excluding hydrogens is 438 g/mol. The monoisotopic (exact) mass is 469 g/mol. The molecule has 1 saturated heterocycles. The summed E-state index contributed by atoms with van der Waals surface area (Å²) in [7, 11) is 1.65. The topological polar surface area (TPSA) is 65.6 Å². The van der Waals surface area contributed by atoms with E-state index in [9.17, 15) is 9.59 Å². The molecular formula is C29H31N3O3. The second-order valence-electron chi connectivity index (χ2n) is 9.85. The minimum atomic E-state index is -0.516. The van der Waals surface area contributed by atoms with E-state index in [0.29, 0.717) is 13.0 Å². The maximum Gasteiger partial charge on any atom is 0.246 e. The lowest BCUT2D eigenvalue weighted by Gasteiger charge is -2.47. The van der Waals surface area contributed by atoms with Crippen LogP contribution in [-0.2, 0) is 16.0 Å². The fourth-order valence-corrected chi connectivity index (χ4v) is 6.14. The molecule has 180 valence electrons. The third-order valence-electron chi connectivity index (χ3n) is 7.86. The Morgan fingerprint density at radius 1 is 1.06 bits per heavy atom. The number of H-pyrrole nitrogens is 1. The number of benzene rings is 2. The van der Waals surface area contributed by atoms with Gasteiger partial charge < -0.3 is 19.5 Å². The largest absolute Gasteiger partial charge is 0.496 e. The molecule has 1 fully saturated rings. The Bertz CT molecular complexity index is 1320. The maximum atomic E-state index is 13.8. The molecule has 3 aliphatic rings. The molecule has 2 amide bonds. The van der Waals surface area contributed by atoms with Crippen molar-refractivity contribution in [2.75, 3.05) is 20.2 Å². The summed E-state index contributed by atoms with van der Waals surface area (Å²) in [6, 6.07) is 15.1. The van der Waals surface area contributed by atoms with Gasteiger partial charge in [-0.1, -0.05) is 48.0 Å². The van der Waals surface area contributed by atoms with E-state index < -0.39 is 12.1 Å². The predicted molar refractivity (Wildman–Crippen MR) is 135 cm³/mol. The molecule has 2 aromatic carbocycles. The molecule has 35 heavy (non-hydrogen) atoms. The molecule has 6 rings (SSSR count). The number of piperazine rings is 1. The summed E-state index contributed by atoms with van der Waals surface area (Å²) < 4.78 is 5.70. The minimum absolute atomic E-state index is 0.00700. The molecule has 0 bridgehead atoms. The smallest absolute Gasteiger partial charge is 0.246 e. The molecule has 6 heteroatoms. The molecule has 1 aliphatic carbocycles. The Hall–Kier alpha value is -3.54. The van der Waals surface area contributed by atoms with Crippen molar-refractivity contribution in [3.63, 3.8) is 0 Å². The number of fused-ring (bicyclic) bond motifs is 4. The third kappa shape index (κ3) is 3.72. The van der Waals surface area contributed by atoms with Crippen molar-refractivity contribution in [1.82, 2.24) is 14.8 Å². The lowest BCUT2D eigenvalue weighted by Crippen LogP contribution is -2.63. The number of allylic oxidation sites excluding steroid dienone is 1. The summed E-state index contributed by atoms with van der Waals surface area (Å²) in [4.78, 5) is 34.7. The van der Waals surface area contributed by atoms with Crippen LogP contribution in [0, 0.1) is 0 Å². The number of hydrogen-bond acceptors (Lipinski definition) is 3. The summed E-state index contributed by atoms with van der Waals surface area (Å²) in [6.45, 7) is 0.741. The summed E-state index contributed by atoms with van der Waals surface area (Å²) in [5.41, 5.74) is 5.45. The Labute approximate surface area is 205 Å². The molecule has 0 saturated carbocycles. The molecule has 1 N–H and O–H groups in total. The van der Waals surface area contributed by atoms with Crippen LogP contribution in [-0.4, -0.2) is 52.8 Å². The van der Waals surface area contributed by atoms with E-state index in [1.165, 1.54) is 18.4 Å². The Balaban J connectivity index is 1.41. The number of aromatic amines is 1. The maximum absolute atomic E-state index is 13.8. The van der Waals surface area contributed by atoms with Gasteiger partial charge in [-0.3, -0.25) is 9.59 Å². The molecule has 3 heterocycles. The van der Waals surface area contributed by atoms with Gasteiger partial charge in [-0.25, -0.2) is 0 Å². The Kier molecular flexibility index (Phi) is 5.59. The van der Waals surface area contributed by atoms with Gasteiger partial charge in [-0.2, -0.15) is 0 Å². The summed E-state index contributed by atoms with van der Waals surface area (Å²) >= 11 is 0. The van der Waals surface area contributed by atoms with Crippen LogP contribution in [0.15, 0.2) is 60.2 Å². The quantitative estimate of drug-likeness (QED) is 0.549. The highest BCUT2D eigenvalue weighted by Crippen LogP contribution is 2.44. The zero-order valence-corrected chi connectivity index (χ0v) is 20.1. The minimum Gasteiger partial charge on any atom is -0.496 e. The summed E-state index contributed by atoms with van der Waals surface area (Å²) in [6.07, 6.45) is 8.41. The number of nitrogens with one attached hydrogen (secondary N) is 1. The van der Waals surface area contributed by atoms with Gasteiger partial charge in [0.15, 0.2) is 0 Å². The molecule has 1 aromatic heterocycles. The second kappa shape index (κ2) is 8.91. The first-order valence-corrected chi connectivity index (χ1v) is 12.7. The van der Waals surface area contributed by atoms with Crippen LogP contribution in [0.2, 0.25) is 0 Å². The Morgan fingerprint density at radius 3 is 2.71 bits per heavy atom. The van der Waals surface area contributed by atoms with Crippen molar-refractivity contribution in [1.29, 1.82) is 0 Å². The molecule has 2 unspecified atom stereocenters. The van der Waals surface area contributed by atoms with Crippen molar-refractivity contribution >= 4 is 22.7 Å². The number of ether oxygens (including phenoxy) is 1. The average molecular weight is 470 g/mol. The molecule has 0 radical (unpaired) electrons. The lowest BCUT2D eigenvalue weighted by molar-refractivity contribution is -0.158. The predicted octanol–water partition coefficient (Wildman–Crippen LogP) is 4.75. The van der Waals surface area contributed by atoms with Gasteiger partial charge in [0.2, 0.25) is 11.8 Å². The van der Waals surface area contributed by atoms with E-state index in [4.69, 9.17) is 4.74 Å². The van der Waals surface area contributed by atoms with E-state index in [1.54, 1.807) is 12.0 Å². The van der Waals surface area contributed by atoms with Crippen molar-refractivity contribution in [2.24, 2.45) is 0 Å². The van der Waals surface area contributed by atoms with Gasteiger partial charge >= 0.3 is 0 Å². The van der Waals surface area contributed by atoms with Gasteiger partial charge in [0.1, 0.15) is 17.8 Å². The number of amides is 2. The van der Waals surface area contributed by atoms with E-state index >= 15 is 0 Å². The normalized spacial score (nSPS) is 22.1. The number of carbonyl (C=O) groups is 2. The van der Waals surface area contributed by atoms with E-state index in [1.807, 2.05) is 41.3 Å². The fourth-order valence-electron chi connectivity index (χ4n) is 6.14. The number of carbonyl (C=O) groups excluding carboxylic acids is 2. The van der Waals surface area contributed by atoms with Crippen molar-refractivity contribution in [3.8, 4) is 5.75 Å². The Morgan fingerprint density at radius 2 is 1.89 bits per heavy atom. The summed E-state index contributed by atoms with van der Waals surface area (Å²) in [5, 5.41) is 1.12. The first kappa shape index (κ1) is 22.0. The van der Waals surface area contributed by atoms with Crippen LogP contribution in [0.3, 0.4) is 0 Å². The van der Waals surface area contributed by atoms with Gasteiger partial charge in [-0.05, 0) is 49.8 Å². The van der Waals surface area contributed by atoms with Gasteiger partial charge in [0, 0.05) is 35.1 Å². The number of hydrogen-bond donors (Lipinski definition) is 1. The van der Waals surface area contributed by atoms with E-state index in [0.717, 1.165) is 52.7 Å². The van der Waals surface area contributed by atoms with Crippen LogP contribution < -0.4 is 4.74 Å². The molecule has 0 spiro atoms. The standard InChI is InChI=1S/C29H31N3O3/c1-35-25-14-8-6-12-21(25)28-27-22(20-11-5-7-13-23(20)30-27)17-24-29(34)31(18-26(33)32(24)28)16-15-19-9-3-2-4-10-19/h5-9,11-14,24,28,30H,2-4,10,15-18H2,1H3. The second-order valence-corrected chi connectivity index (χ2v) is 9.85. The third-order valence-corrected chi connectivity index (χ3v) is 7.86. The van der Waals surface area contributed by atoms with Crippen LogP contribution in [0.4, 0.5) is 0 Å². The average Bonchev–Trinajstić information content (AvgIpc) is 3.28. The van der Waals surface area contributed by atoms with Crippen molar-refractivity contribution in [3.05, 3.63) is 77.0 Å². The zero-order chi connectivity index (χ0) is 23.9. The number of rotatable bonds is 5. The van der Waals surface area contributed by atoms with Crippen LogP contribution in [0.5, 0.6) is 5.75 Å². The van der Waals surface area contributed by atoms with Crippen LogP contribution in [0.25, 0.3) is 10.9 Å². The lowest BCUT2D eigenvalue weighted by atomic mass is 9.85. The first-order valence-electron chi connectivity index (χ1n) is 12.7. The molecule has 2 atom stereocenters. The SMILES string of the molecule is COc1ccccc1C1c2[nH]c3ccccc3c2CC2C(=O)N(CCC3=CCCCC3)CC(=O)N21. The van der Waals surface area contributed by atoms with Crippen molar-refractivity contribution in [2.45, 2.75) is 50.6 Å². The zero-order valence-electron chi connectivity index (χ0n) is 20.1. The highest BCUT2D eigenvalue weighted by Gasteiger charge is 2.48. The number of methoxy groups -OCH3 is 1. The fraction of sp³-hybridized carbons (Fsp3) is 0.379. The first-order chi connectivity index (χ1) is 17.2. The summed E-state index contributed by atoms with van der Waals surface area (Å²) in [5.74, 6) is 0.763.